The van der Waals surface area contributed by atoms with Gasteiger partial charge < -0.3 is 26.8 Å². The molecule has 3 rings (SSSR count). The van der Waals surface area contributed by atoms with E-state index < -0.39 is 23.9 Å². The zero-order valence-corrected chi connectivity index (χ0v) is 17.7. The van der Waals surface area contributed by atoms with E-state index in [0.29, 0.717) is 6.42 Å². The molecule has 2 aromatic carbocycles. The molecule has 0 saturated heterocycles. The van der Waals surface area contributed by atoms with Crippen LogP contribution < -0.4 is 16.8 Å². The van der Waals surface area contributed by atoms with Crippen molar-refractivity contribution < 1.29 is 19.5 Å². The molecule has 8 nitrogen and oxygen atoms in total. The van der Waals surface area contributed by atoms with Crippen LogP contribution >= 0.6 is 0 Å². The number of nitrogens with zero attached hydrogens (tertiary/aromatic N) is 1. The Morgan fingerprint density at radius 3 is 2.39 bits per heavy atom. The van der Waals surface area contributed by atoms with E-state index in [1.807, 2.05) is 38.1 Å². The molecule has 1 aliphatic heterocycles. The van der Waals surface area contributed by atoms with Crippen molar-refractivity contribution in [1.82, 2.24) is 10.2 Å². The summed E-state index contributed by atoms with van der Waals surface area (Å²) < 4.78 is 0. The van der Waals surface area contributed by atoms with Gasteiger partial charge in [-0.1, -0.05) is 24.3 Å². The lowest BCUT2D eigenvalue weighted by Crippen LogP contribution is -2.57. The molecule has 6 N–H and O–H groups in total. The van der Waals surface area contributed by atoms with Gasteiger partial charge >= 0.3 is 0 Å². The molecule has 0 radical (unpaired) electrons. The first-order chi connectivity index (χ1) is 14.7. The number of carbonyl (C=O) groups is 3. The SMILES string of the molecule is Cc1cc(O)cc(C)c1CC(N)C(=O)N1Cc2ccccc2CC1C(=O)NCC(N)=O. The van der Waals surface area contributed by atoms with Crippen LogP contribution in [0.4, 0.5) is 0 Å². The van der Waals surface area contributed by atoms with Gasteiger partial charge in [0.1, 0.15) is 11.8 Å². The highest BCUT2D eigenvalue weighted by Crippen LogP contribution is 2.26. The average molecular weight is 425 g/mol. The smallest absolute Gasteiger partial charge is 0.243 e. The maximum atomic E-state index is 13.3. The minimum absolute atomic E-state index is 0.164. The molecular weight excluding hydrogens is 396 g/mol. The van der Waals surface area contributed by atoms with E-state index in [1.54, 1.807) is 12.1 Å². The van der Waals surface area contributed by atoms with Gasteiger partial charge in [0.2, 0.25) is 17.7 Å². The molecule has 0 aromatic heterocycles. The molecule has 1 heterocycles. The summed E-state index contributed by atoms with van der Waals surface area (Å²) in [5.74, 6) is -1.28. The molecular formula is C23H28N4O4. The lowest BCUT2D eigenvalue weighted by atomic mass is 9.91. The monoisotopic (exact) mass is 424 g/mol. The normalized spacial score (nSPS) is 16.4. The number of hydrogen-bond acceptors (Lipinski definition) is 5. The predicted octanol–water partition coefficient (Wildman–Crippen LogP) is 0.434. The van der Waals surface area contributed by atoms with Gasteiger partial charge in [-0.2, -0.15) is 0 Å². The summed E-state index contributed by atoms with van der Waals surface area (Å²) in [4.78, 5) is 38.7. The predicted molar refractivity (Wildman–Crippen MR) is 116 cm³/mol. The summed E-state index contributed by atoms with van der Waals surface area (Å²) in [6.07, 6.45) is 0.612. The zero-order chi connectivity index (χ0) is 22.7. The third-order valence-corrected chi connectivity index (χ3v) is 5.69. The van der Waals surface area contributed by atoms with Crippen molar-refractivity contribution >= 4 is 17.7 Å². The maximum Gasteiger partial charge on any atom is 0.243 e. The molecule has 164 valence electrons. The largest absolute Gasteiger partial charge is 0.508 e. The fraction of sp³-hybridized carbons (Fsp3) is 0.348. The summed E-state index contributed by atoms with van der Waals surface area (Å²) in [5, 5.41) is 12.3. The molecule has 2 unspecified atom stereocenters. The van der Waals surface area contributed by atoms with Gasteiger partial charge in [-0.15, -0.1) is 0 Å². The number of primary amides is 1. The molecule has 2 atom stereocenters. The van der Waals surface area contributed by atoms with Crippen molar-refractivity contribution in [2.24, 2.45) is 11.5 Å². The molecule has 8 heteroatoms. The van der Waals surface area contributed by atoms with Crippen LogP contribution in [0.15, 0.2) is 36.4 Å². The molecule has 0 fully saturated rings. The van der Waals surface area contributed by atoms with E-state index in [2.05, 4.69) is 5.32 Å². The van der Waals surface area contributed by atoms with Crippen molar-refractivity contribution in [2.75, 3.05) is 6.54 Å². The van der Waals surface area contributed by atoms with Crippen molar-refractivity contribution in [3.05, 3.63) is 64.2 Å². The van der Waals surface area contributed by atoms with Gasteiger partial charge in [-0.05, 0) is 60.2 Å². The summed E-state index contributed by atoms with van der Waals surface area (Å²) in [7, 11) is 0. The number of rotatable bonds is 6. The second-order valence-corrected chi connectivity index (χ2v) is 8.01. The zero-order valence-electron chi connectivity index (χ0n) is 17.7. The highest BCUT2D eigenvalue weighted by atomic mass is 16.3. The summed E-state index contributed by atoms with van der Waals surface area (Å²) in [5.41, 5.74) is 16.0. The molecule has 0 bridgehead atoms. The number of nitrogens with one attached hydrogen (secondary N) is 1. The Morgan fingerprint density at radius 1 is 1.16 bits per heavy atom. The second kappa shape index (κ2) is 9.18. The topological polar surface area (TPSA) is 139 Å². The molecule has 3 amide bonds. The number of benzene rings is 2. The first-order valence-corrected chi connectivity index (χ1v) is 10.1. The van der Waals surface area contributed by atoms with E-state index in [9.17, 15) is 19.5 Å². The average Bonchev–Trinajstić information content (AvgIpc) is 2.72. The second-order valence-electron chi connectivity index (χ2n) is 8.01. The number of amides is 3. The third kappa shape index (κ3) is 5.03. The Balaban J connectivity index is 1.85. The number of carbonyl (C=O) groups excluding carboxylic acids is 3. The van der Waals surface area contributed by atoms with Gasteiger partial charge in [0.25, 0.3) is 0 Å². The van der Waals surface area contributed by atoms with Gasteiger partial charge in [0.05, 0.1) is 12.6 Å². The molecule has 0 saturated carbocycles. The minimum atomic E-state index is -0.862. The van der Waals surface area contributed by atoms with Crippen LogP contribution in [0.25, 0.3) is 0 Å². The highest BCUT2D eigenvalue weighted by molar-refractivity contribution is 5.92. The number of phenols is 1. The Bertz CT molecular complexity index is 997. The molecule has 31 heavy (non-hydrogen) atoms. The Kier molecular flexibility index (Phi) is 6.60. The number of nitrogens with two attached hydrogens (primary N) is 2. The first kappa shape index (κ1) is 22.3. The summed E-state index contributed by atoms with van der Waals surface area (Å²) >= 11 is 0. The lowest BCUT2D eigenvalue weighted by Gasteiger charge is -2.37. The van der Waals surface area contributed by atoms with Crippen LogP contribution in [-0.2, 0) is 33.8 Å². The van der Waals surface area contributed by atoms with E-state index in [0.717, 1.165) is 27.8 Å². The lowest BCUT2D eigenvalue weighted by molar-refractivity contribution is -0.143. The third-order valence-electron chi connectivity index (χ3n) is 5.69. The summed E-state index contributed by atoms with van der Waals surface area (Å²) in [6.45, 7) is 3.68. The van der Waals surface area contributed by atoms with Crippen molar-refractivity contribution in [3.63, 3.8) is 0 Å². The molecule has 0 spiro atoms. The highest BCUT2D eigenvalue weighted by Gasteiger charge is 2.36. The number of aromatic hydroxyl groups is 1. The van der Waals surface area contributed by atoms with E-state index in [1.165, 1.54) is 4.90 Å². The fourth-order valence-electron chi connectivity index (χ4n) is 4.09. The number of aryl methyl sites for hydroxylation is 2. The minimum Gasteiger partial charge on any atom is -0.508 e. The van der Waals surface area contributed by atoms with E-state index >= 15 is 0 Å². The van der Waals surface area contributed by atoms with Crippen LogP contribution in [0.5, 0.6) is 5.75 Å². The van der Waals surface area contributed by atoms with E-state index in [-0.39, 0.29) is 31.2 Å². The van der Waals surface area contributed by atoms with Crippen LogP contribution in [0.1, 0.15) is 27.8 Å². The first-order valence-electron chi connectivity index (χ1n) is 10.1. The quantitative estimate of drug-likeness (QED) is 0.533. The van der Waals surface area contributed by atoms with Gasteiger partial charge in [0.15, 0.2) is 0 Å². The van der Waals surface area contributed by atoms with Gasteiger partial charge in [0, 0.05) is 13.0 Å². The Labute approximate surface area is 181 Å². The van der Waals surface area contributed by atoms with Crippen LogP contribution in [0, 0.1) is 13.8 Å². The van der Waals surface area contributed by atoms with Gasteiger partial charge in [-0.3, -0.25) is 14.4 Å². The van der Waals surface area contributed by atoms with Crippen LogP contribution in [-0.4, -0.2) is 46.4 Å². The number of hydrogen-bond donors (Lipinski definition) is 4. The number of fused-ring (bicyclic) bond motifs is 1. The fourth-order valence-corrected chi connectivity index (χ4v) is 4.09. The standard InChI is InChI=1S/C23H28N4O4/c1-13-7-17(28)8-14(2)18(13)10-19(24)23(31)27-12-16-6-4-3-5-15(16)9-20(27)22(30)26-11-21(25)29/h3-8,19-20,28H,9-12,24H2,1-2H3,(H2,25,29)(H,26,30). The van der Waals surface area contributed by atoms with Crippen LogP contribution in [0.3, 0.4) is 0 Å². The number of phenolic OH excluding ortho intramolecular Hbond substituents is 1. The molecule has 2 aromatic rings. The van der Waals surface area contributed by atoms with Gasteiger partial charge in [-0.25, -0.2) is 0 Å². The Hall–Kier alpha value is -3.39. The van der Waals surface area contributed by atoms with Crippen molar-refractivity contribution in [2.45, 2.75) is 45.3 Å². The molecule has 0 aliphatic carbocycles. The molecule has 1 aliphatic rings. The van der Waals surface area contributed by atoms with E-state index in [4.69, 9.17) is 11.5 Å². The van der Waals surface area contributed by atoms with Crippen LogP contribution in [0.2, 0.25) is 0 Å². The Morgan fingerprint density at radius 2 is 1.77 bits per heavy atom. The van der Waals surface area contributed by atoms with Crippen molar-refractivity contribution in [1.29, 1.82) is 0 Å². The van der Waals surface area contributed by atoms with Crippen molar-refractivity contribution in [3.8, 4) is 5.75 Å². The summed E-state index contributed by atoms with van der Waals surface area (Å²) in [6, 6.07) is 9.25. The maximum absolute atomic E-state index is 13.3.